The van der Waals surface area contributed by atoms with Crippen molar-refractivity contribution in [2.24, 2.45) is 0 Å². The van der Waals surface area contributed by atoms with Crippen molar-refractivity contribution in [3.05, 3.63) is 65.5 Å². The second kappa shape index (κ2) is 3.49. The Labute approximate surface area is 113 Å². The molecule has 0 atom stereocenters. The molecule has 2 aliphatic heterocycles. The third-order valence-corrected chi connectivity index (χ3v) is 4.29. The fourth-order valence-electron chi connectivity index (χ4n) is 3.41. The van der Waals surface area contributed by atoms with Gasteiger partial charge in [0.05, 0.1) is 5.57 Å². The Hall–Kier alpha value is -2.06. The minimum atomic E-state index is 0.0419. The summed E-state index contributed by atoms with van der Waals surface area (Å²) in [5.41, 5.74) is 6.75. The highest BCUT2D eigenvalue weighted by Crippen LogP contribution is 2.48. The summed E-state index contributed by atoms with van der Waals surface area (Å²) in [4.78, 5) is 0. The van der Waals surface area contributed by atoms with Crippen molar-refractivity contribution in [2.75, 3.05) is 5.32 Å². The first kappa shape index (κ1) is 10.8. The highest BCUT2D eigenvalue weighted by atomic mass is 15.1. The fourth-order valence-corrected chi connectivity index (χ4v) is 3.41. The van der Waals surface area contributed by atoms with E-state index in [9.17, 15) is 0 Å². The van der Waals surface area contributed by atoms with E-state index < -0.39 is 0 Å². The van der Waals surface area contributed by atoms with Gasteiger partial charge in [0.25, 0.3) is 0 Å². The van der Waals surface area contributed by atoms with Gasteiger partial charge in [0, 0.05) is 22.7 Å². The lowest BCUT2D eigenvalue weighted by Crippen LogP contribution is -2.76. The van der Waals surface area contributed by atoms with E-state index in [1.807, 2.05) is 0 Å². The molecular weight excluding hydrogens is 232 g/mol. The number of hydrogen-bond donors (Lipinski definition) is 2. The van der Waals surface area contributed by atoms with E-state index in [-0.39, 0.29) is 5.41 Å². The molecule has 2 aromatic rings. The molecule has 0 aliphatic carbocycles. The van der Waals surface area contributed by atoms with Gasteiger partial charge in [0.1, 0.15) is 5.69 Å². The molecule has 0 aromatic heterocycles. The van der Waals surface area contributed by atoms with Crippen LogP contribution in [0, 0.1) is 0 Å². The smallest absolute Gasteiger partial charge is 0.212 e. The summed E-state index contributed by atoms with van der Waals surface area (Å²) in [5, 5.41) is 5.85. The zero-order valence-electron chi connectivity index (χ0n) is 11.2. The van der Waals surface area contributed by atoms with Gasteiger partial charge in [-0.15, -0.1) is 0 Å². The van der Waals surface area contributed by atoms with E-state index >= 15 is 0 Å². The van der Waals surface area contributed by atoms with Crippen molar-refractivity contribution in [1.82, 2.24) is 0 Å². The second-order valence-corrected chi connectivity index (χ2v) is 5.82. The summed E-state index contributed by atoms with van der Waals surface area (Å²) in [6.45, 7) is 4.63. The Morgan fingerprint density at radius 3 is 2.58 bits per heavy atom. The topological polar surface area (TPSA) is 28.6 Å². The molecule has 0 amide bonds. The third kappa shape index (κ3) is 1.35. The van der Waals surface area contributed by atoms with Gasteiger partial charge in [-0.1, -0.05) is 44.2 Å². The van der Waals surface area contributed by atoms with Crippen LogP contribution in [0.25, 0.3) is 5.57 Å². The summed E-state index contributed by atoms with van der Waals surface area (Å²) in [6, 6.07) is 17.3. The van der Waals surface area contributed by atoms with Crippen molar-refractivity contribution in [3.63, 3.8) is 0 Å². The summed E-state index contributed by atoms with van der Waals surface area (Å²) < 4.78 is 0. The van der Waals surface area contributed by atoms with Crippen LogP contribution in [-0.2, 0) is 5.41 Å². The number of rotatable bonds is 0. The van der Waals surface area contributed by atoms with Gasteiger partial charge in [-0.2, -0.15) is 0 Å². The molecule has 0 saturated carbocycles. The third-order valence-electron chi connectivity index (χ3n) is 4.29. The fraction of sp³-hybridized carbons (Fsp3) is 0.176. The quantitative estimate of drug-likeness (QED) is 0.690. The molecule has 2 heterocycles. The number of nitrogens with two attached hydrogens (primary N) is 1. The van der Waals surface area contributed by atoms with Crippen LogP contribution in [0.3, 0.4) is 0 Å². The molecule has 0 unspecified atom stereocenters. The van der Waals surface area contributed by atoms with Gasteiger partial charge in [-0.05, 0) is 17.7 Å². The van der Waals surface area contributed by atoms with E-state index in [4.69, 9.17) is 0 Å². The zero-order valence-corrected chi connectivity index (χ0v) is 11.2. The van der Waals surface area contributed by atoms with E-state index in [1.54, 1.807) is 0 Å². The molecule has 2 nitrogen and oxygen atoms in total. The lowest BCUT2D eigenvalue weighted by Gasteiger charge is -2.33. The van der Waals surface area contributed by atoms with Crippen molar-refractivity contribution in [1.29, 1.82) is 0 Å². The number of para-hydroxylation sites is 2. The van der Waals surface area contributed by atoms with Crippen molar-refractivity contribution < 1.29 is 5.32 Å². The van der Waals surface area contributed by atoms with Crippen LogP contribution < -0.4 is 10.6 Å². The van der Waals surface area contributed by atoms with Crippen LogP contribution in [0.2, 0.25) is 0 Å². The number of fused-ring (bicyclic) bond motifs is 3. The summed E-state index contributed by atoms with van der Waals surface area (Å²) >= 11 is 0. The molecule has 0 radical (unpaired) electrons. The van der Waals surface area contributed by atoms with Gasteiger partial charge < -0.3 is 5.32 Å². The molecule has 94 valence electrons. The standard InChI is InChI=1S/C17H16N2/c1-17(2)12-8-4-6-10-14(12)19-16-15(17)11-7-3-5-9-13(11)18-16/h3-10,18-19H,1-2H3/p+1. The summed E-state index contributed by atoms with van der Waals surface area (Å²) in [7, 11) is 0. The van der Waals surface area contributed by atoms with E-state index in [0.29, 0.717) is 0 Å². The van der Waals surface area contributed by atoms with Gasteiger partial charge in [-0.3, -0.25) is 5.32 Å². The van der Waals surface area contributed by atoms with E-state index in [2.05, 4.69) is 73.0 Å². The highest BCUT2D eigenvalue weighted by molar-refractivity contribution is 5.89. The number of nitrogens with one attached hydrogen (secondary N) is 1. The van der Waals surface area contributed by atoms with Crippen LogP contribution in [0.4, 0.5) is 11.4 Å². The number of allylic oxidation sites excluding steroid dienone is 1. The van der Waals surface area contributed by atoms with Gasteiger partial charge >= 0.3 is 0 Å². The monoisotopic (exact) mass is 249 g/mol. The molecule has 0 fully saturated rings. The highest BCUT2D eigenvalue weighted by Gasteiger charge is 2.42. The lowest BCUT2D eigenvalue weighted by atomic mass is 9.73. The first-order valence-corrected chi connectivity index (χ1v) is 6.73. The Morgan fingerprint density at radius 1 is 0.947 bits per heavy atom. The molecule has 0 saturated heterocycles. The number of benzene rings is 2. The molecule has 3 N–H and O–H groups in total. The van der Waals surface area contributed by atoms with Gasteiger partial charge in [0.15, 0.2) is 0 Å². The SMILES string of the molecule is CC1(C)C2=C(Nc3ccccc31)[NH2+]c1ccccc12. The minimum absolute atomic E-state index is 0.0419. The molecule has 4 rings (SSSR count). The minimum Gasteiger partial charge on any atom is -0.310 e. The lowest BCUT2D eigenvalue weighted by molar-refractivity contribution is -0.510. The molecule has 19 heavy (non-hydrogen) atoms. The Kier molecular flexibility index (Phi) is 1.99. The maximum Gasteiger partial charge on any atom is 0.212 e. The summed E-state index contributed by atoms with van der Waals surface area (Å²) in [6.07, 6.45) is 0. The van der Waals surface area contributed by atoms with Crippen LogP contribution in [0.1, 0.15) is 25.0 Å². The molecule has 2 aliphatic rings. The first-order chi connectivity index (χ1) is 9.18. The molecule has 0 bridgehead atoms. The first-order valence-electron chi connectivity index (χ1n) is 6.73. The Bertz CT molecular complexity index is 711. The van der Waals surface area contributed by atoms with E-state index in [0.717, 1.165) is 0 Å². The zero-order chi connectivity index (χ0) is 13.0. The number of anilines is 1. The molecule has 2 heteroatoms. The average molecular weight is 249 g/mol. The van der Waals surface area contributed by atoms with Gasteiger partial charge in [-0.25, -0.2) is 0 Å². The molecule has 2 aromatic carbocycles. The van der Waals surface area contributed by atoms with Crippen molar-refractivity contribution in [2.45, 2.75) is 19.3 Å². The van der Waals surface area contributed by atoms with E-state index in [1.165, 1.54) is 33.9 Å². The normalized spacial score (nSPS) is 18.4. The van der Waals surface area contributed by atoms with Crippen molar-refractivity contribution >= 4 is 16.9 Å². The maximum absolute atomic E-state index is 3.59. The Balaban J connectivity index is 1.97. The largest absolute Gasteiger partial charge is 0.310 e. The second-order valence-electron chi connectivity index (χ2n) is 5.82. The predicted molar refractivity (Wildman–Crippen MR) is 78.0 cm³/mol. The van der Waals surface area contributed by atoms with Crippen LogP contribution in [0.15, 0.2) is 54.4 Å². The Morgan fingerprint density at radius 2 is 1.68 bits per heavy atom. The predicted octanol–water partition coefficient (Wildman–Crippen LogP) is 2.97. The number of quaternary nitrogens is 1. The molecular formula is C17H17N2+. The van der Waals surface area contributed by atoms with Crippen LogP contribution in [0.5, 0.6) is 0 Å². The summed E-state index contributed by atoms with van der Waals surface area (Å²) in [5.74, 6) is 1.25. The average Bonchev–Trinajstić information content (AvgIpc) is 2.77. The molecule has 0 spiro atoms. The van der Waals surface area contributed by atoms with Crippen molar-refractivity contribution in [3.8, 4) is 0 Å². The van der Waals surface area contributed by atoms with Crippen LogP contribution in [-0.4, -0.2) is 0 Å². The maximum atomic E-state index is 3.59. The van der Waals surface area contributed by atoms with Crippen LogP contribution >= 0.6 is 0 Å². The number of hydrogen-bond acceptors (Lipinski definition) is 1. The van der Waals surface area contributed by atoms with Gasteiger partial charge in [0.2, 0.25) is 5.82 Å².